The van der Waals surface area contributed by atoms with Crippen molar-refractivity contribution in [3.05, 3.63) is 114 Å². The number of ether oxygens (including phenoxy) is 4. The van der Waals surface area contributed by atoms with Gasteiger partial charge in [-0.1, -0.05) is 85.0 Å². The Bertz CT molecular complexity index is 1210. The fraction of sp³-hybridized carbons (Fsp3) is 0.343. The zero-order chi connectivity index (χ0) is 28.7. The summed E-state index contributed by atoms with van der Waals surface area (Å²) in [6, 6.07) is 26.8. The molecule has 0 bridgehead atoms. The summed E-state index contributed by atoms with van der Waals surface area (Å²) in [6.07, 6.45) is 9.94. The number of benzene rings is 3. The fourth-order valence-corrected chi connectivity index (χ4v) is 4.94. The lowest BCUT2D eigenvalue weighted by Gasteiger charge is -2.34. The molecular weight excluding hydrogens is 514 g/mol. The standard InChI is InChI=1S/C35H41NO5/c1-3-39-34(37)18-11-10-13-28-19-20-32(33(27-28)38-2)40-26-12-23-36-24-21-31(22-25-36)41-35(29-14-6-4-7-15-29)30-16-8-5-9-17-30/h4-11,13-20,27,31,35H,3,12,21-26H2,1-2H3/b13-10+,18-11+. The van der Waals surface area contributed by atoms with Crippen LogP contribution in [-0.4, -0.2) is 56.9 Å². The minimum absolute atomic E-state index is 0.0414. The van der Waals surface area contributed by atoms with Gasteiger partial charge in [0.05, 0.1) is 26.4 Å². The molecule has 1 heterocycles. The number of rotatable bonds is 14. The molecule has 0 N–H and O–H groups in total. The SMILES string of the molecule is CCOC(=O)/C=C/C=C/c1ccc(OCCCN2CCC(OC(c3ccccc3)c3ccccc3)CC2)c(OC)c1. The Labute approximate surface area is 244 Å². The van der Waals surface area contributed by atoms with E-state index in [0.29, 0.717) is 19.0 Å². The second kappa shape index (κ2) is 16.4. The van der Waals surface area contributed by atoms with E-state index in [9.17, 15) is 4.79 Å². The lowest BCUT2D eigenvalue weighted by molar-refractivity contribution is -0.137. The summed E-state index contributed by atoms with van der Waals surface area (Å²) in [7, 11) is 1.64. The zero-order valence-electron chi connectivity index (χ0n) is 24.1. The molecule has 1 fully saturated rings. The number of hydrogen-bond donors (Lipinski definition) is 0. The van der Waals surface area contributed by atoms with Crippen molar-refractivity contribution in [2.75, 3.05) is 40.0 Å². The van der Waals surface area contributed by atoms with Crippen LogP contribution < -0.4 is 9.47 Å². The summed E-state index contributed by atoms with van der Waals surface area (Å²) < 4.78 is 23.2. The molecule has 3 aromatic carbocycles. The lowest BCUT2D eigenvalue weighted by atomic mass is 10.00. The van der Waals surface area contributed by atoms with Gasteiger partial charge < -0.3 is 23.8 Å². The molecule has 0 amide bonds. The van der Waals surface area contributed by atoms with Crippen LogP contribution in [-0.2, 0) is 14.3 Å². The first kappa shape index (κ1) is 30.1. The largest absolute Gasteiger partial charge is 0.493 e. The summed E-state index contributed by atoms with van der Waals surface area (Å²) in [5.74, 6) is 1.06. The minimum Gasteiger partial charge on any atom is -0.493 e. The molecule has 0 aliphatic carbocycles. The van der Waals surface area contributed by atoms with E-state index in [2.05, 4.69) is 53.4 Å². The van der Waals surface area contributed by atoms with Gasteiger partial charge in [-0.15, -0.1) is 0 Å². The topological polar surface area (TPSA) is 57.2 Å². The molecule has 0 unspecified atom stereocenters. The molecular formula is C35H41NO5. The average molecular weight is 556 g/mol. The second-order valence-corrected chi connectivity index (χ2v) is 9.96. The number of carbonyl (C=O) groups is 1. The van der Waals surface area contributed by atoms with Gasteiger partial charge in [0.2, 0.25) is 0 Å². The first-order valence-corrected chi connectivity index (χ1v) is 14.5. The van der Waals surface area contributed by atoms with Gasteiger partial charge in [0.15, 0.2) is 11.5 Å². The molecule has 1 saturated heterocycles. The van der Waals surface area contributed by atoms with Gasteiger partial charge >= 0.3 is 5.97 Å². The van der Waals surface area contributed by atoms with Crippen LogP contribution in [0.2, 0.25) is 0 Å². The van der Waals surface area contributed by atoms with Crippen LogP contribution >= 0.6 is 0 Å². The van der Waals surface area contributed by atoms with E-state index >= 15 is 0 Å². The third-order valence-electron chi connectivity index (χ3n) is 7.05. The third-order valence-corrected chi connectivity index (χ3v) is 7.05. The maximum atomic E-state index is 11.4. The molecule has 6 heteroatoms. The molecule has 1 aliphatic rings. The van der Waals surface area contributed by atoms with Crippen LogP contribution in [0.15, 0.2) is 97.1 Å². The molecule has 0 saturated carbocycles. The summed E-state index contributed by atoms with van der Waals surface area (Å²) in [5, 5.41) is 0. The first-order valence-electron chi connectivity index (χ1n) is 14.5. The number of esters is 1. The van der Waals surface area contributed by atoms with E-state index in [1.807, 2.05) is 36.4 Å². The van der Waals surface area contributed by atoms with Crippen LogP contribution in [0, 0.1) is 0 Å². The molecule has 0 aromatic heterocycles. The minimum atomic E-state index is -0.351. The molecule has 1 aliphatic heterocycles. The van der Waals surface area contributed by atoms with Crippen LogP contribution in [0.3, 0.4) is 0 Å². The van der Waals surface area contributed by atoms with Crippen molar-refractivity contribution in [1.29, 1.82) is 0 Å². The molecule has 4 rings (SSSR count). The smallest absolute Gasteiger partial charge is 0.330 e. The highest BCUT2D eigenvalue weighted by Crippen LogP contribution is 2.31. The Hall–Kier alpha value is -3.87. The fourth-order valence-electron chi connectivity index (χ4n) is 4.94. The van der Waals surface area contributed by atoms with Crippen molar-refractivity contribution in [1.82, 2.24) is 4.90 Å². The van der Waals surface area contributed by atoms with Crippen LogP contribution in [0.25, 0.3) is 6.08 Å². The molecule has 0 spiro atoms. The lowest BCUT2D eigenvalue weighted by Crippen LogP contribution is -2.38. The monoisotopic (exact) mass is 555 g/mol. The van der Waals surface area contributed by atoms with Gasteiger partial charge in [0.1, 0.15) is 6.10 Å². The number of carbonyl (C=O) groups excluding carboxylic acids is 1. The van der Waals surface area contributed by atoms with Crippen molar-refractivity contribution in [3.63, 3.8) is 0 Å². The first-order chi connectivity index (χ1) is 20.2. The number of likely N-dealkylation sites (tertiary alicyclic amines) is 1. The summed E-state index contributed by atoms with van der Waals surface area (Å²) in [5.41, 5.74) is 3.35. The molecule has 0 atom stereocenters. The van der Waals surface area contributed by atoms with Crippen molar-refractivity contribution in [2.45, 2.75) is 38.4 Å². The predicted molar refractivity (Wildman–Crippen MR) is 163 cm³/mol. The van der Waals surface area contributed by atoms with Crippen molar-refractivity contribution >= 4 is 12.0 Å². The van der Waals surface area contributed by atoms with Gasteiger partial charge in [-0.3, -0.25) is 0 Å². The van der Waals surface area contributed by atoms with Gasteiger partial charge in [0.25, 0.3) is 0 Å². The van der Waals surface area contributed by atoms with Crippen LogP contribution in [0.1, 0.15) is 49.0 Å². The molecule has 3 aromatic rings. The number of piperidine rings is 1. The van der Waals surface area contributed by atoms with Crippen LogP contribution in [0.5, 0.6) is 11.5 Å². The van der Waals surface area contributed by atoms with E-state index in [-0.39, 0.29) is 18.2 Å². The molecule has 6 nitrogen and oxygen atoms in total. The van der Waals surface area contributed by atoms with Crippen molar-refractivity contribution in [3.8, 4) is 11.5 Å². The predicted octanol–water partition coefficient (Wildman–Crippen LogP) is 6.87. The van der Waals surface area contributed by atoms with Crippen molar-refractivity contribution < 1.29 is 23.7 Å². The van der Waals surface area contributed by atoms with Gasteiger partial charge in [0, 0.05) is 25.7 Å². The van der Waals surface area contributed by atoms with Crippen molar-refractivity contribution in [2.24, 2.45) is 0 Å². The normalized spacial score (nSPS) is 14.6. The molecule has 41 heavy (non-hydrogen) atoms. The van der Waals surface area contributed by atoms with Gasteiger partial charge in [-0.2, -0.15) is 0 Å². The van der Waals surface area contributed by atoms with E-state index in [0.717, 1.165) is 50.2 Å². The summed E-state index contributed by atoms with van der Waals surface area (Å²) in [4.78, 5) is 13.9. The number of methoxy groups -OCH3 is 1. The van der Waals surface area contributed by atoms with E-state index < -0.39 is 0 Å². The Morgan fingerprint density at radius 3 is 2.24 bits per heavy atom. The average Bonchev–Trinajstić information content (AvgIpc) is 3.02. The van der Waals surface area contributed by atoms with Gasteiger partial charge in [-0.25, -0.2) is 4.79 Å². The zero-order valence-corrected chi connectivity index (χ0v) is 24.1. The Morgan fingerprint density at radius 2 is 1.61 bits per heavy atom. The van der Waals surface area contributed by atoms with Crippen LogP contribution in [0.4, 0.5) is 0 Å². The van der Waals surface area contributed by atoms with E-state index in [4.69, 9.17) is 18.9 Å². The quantitative estimate of drug-likeness (QED) is 0.0937. The maximum absolute atomic E-state index is 11.4. The summed E-state index contributed by atoms with van der Waals surface area (Å²) in [6.45, 7) is 5.80. The molecule has 0 radical (unpaired) electrons. The molecule has 216 valence electrons. The third kappa shape index (κ3) is 9.62. The highest BCUT2D eigenvalue weighted by molar-refractivity contribution is 5.82. The van der Waals surface area contributed by atoms with E-state index in [1.54, 1.807) is 26.2 Å². The Kier molecular flexibility index (Phi) is 12.0. The van der Waals surface area contributed by atoms with Gasteiger partial charge in [-0.05, 0) is 55.0 Å². The highest BCUT2D eigenvalue weighted by Gasteiger charge is 2.24. The second-order valence-electron chi connectivity index (χ2n) is 9.96. The number of hydrogen-bond acceptors (Lipinski definition) is 6. The Morgan fingerprint density at radius 1 is 0.927 bits per heavy atom. The highest BCUT2D eigenvalue weighted by atomic mass is 16.5. The number of allylic oxidation sites excluding steroid dienone is 2. The Balaban J connectivity index is 1.20. The summed E-state index contributed by atoms with van der Waals surface area (Å²) >= 11 is 0. The maximum Gasteiger partial charge on any atom is 0.330 e. The van der Waals surface area contributed by atoms with E-state index in [1.165, 1.54) is 17.2 Å². The number of nitrogens with zero attached hydrogens (tertiary/aromatic N) is 1.